The molecule has 0 saturated carbocycles. The van der Waals surface area contributed by atoms with Crippen LogP contribution in [0.5, 0.6) is 5.75 Å². The number of halogens is 1. The van der Waals surface area contributed by atoms with Gasteiger partial charge in [-0.05, 0) is 57.5 Å². The molecule has 2 heterocycles. The zero-order chi connectivity index (χ0) is 22.9. The van der Waals surface area contributed by atoms with Gasteiger partial charge in [-0.3, -0.25) is 14.2 Å². The maximum absolute atomic E-state index is 13.7. The van der Waals surface area contributed by atoms with E-state index in [4.69, 9.17) is 4.74 Å². The minimum atomic E-state index is -0.459. The number of hydrogen-bond donors (Lipinski definition) is 2. The number of ether oxygens (including phenoxy) is 1. The Morgan fingerprint density at radius 2 is 1.87 bits per heavy atom. The molecule has 0 spiro atoms. The summed E-state index contributed by atoms with van der Waals surface area (Å²) in [5, 5.41) is 12.3. The molecule has 7 nitrogen and oxygen atoms in total. The summed E-state index contributed by atoms with van der Waals surface area (Å²) in [7, 11) is 1.70. The molecule has 0 bridgehead atoms. The molecule has 0 aliphatic heterocycles. The van der Waals surface area contributed by atoms with Crippen molar-refractivity contribution in [1.82, 2.24) is 14.5 Å². The molecule has 0 fully saturated rings. The fourth-order valence-electron chi connectivity index (χ4n) is 3.59. The number of pyridine rings is 1. The van der Waals surface area contributed by atoms with Gasteiger partial charge in [-0.1, -0.05) is 6.92 Å². The van der Waals surface area contributed by atoms with Crippen molar-refractivity contribution in [3.05, 3.63) is 57.9 Å². The predicted octanol–water partition coefficient (Wildman–Crippen LogP) is 2.93. The van der Waals surface area contributed by atoms with Crippen LogP contribution in [-0.2, 0) is 13.5 Å². The number of hydrogen-bond acceptors (Lipinski definition) is 4. The van der Waals surface area contributed by atoms with Gasteiger partial charge in [0.25, 0.3) is 11.5 Å². The Kier molecular flexibility index (Phi) is 6.50. The molecule has 8 heteroatoms. The second-order valence-electron chi connectivity index (χ2n) is 7.83. The van der Waals surface area contributed by atoms with Crippen LogP contribution in [0.15, 0.2) is 35.1 Å². The highest BCUT2D eigenvalue weighted by atomic mass is 19.1. The van der Waals surface area contributed by atoms with Crippen molar-refractivity contribution in [2.45, 2.75) is 46.3 Å². The summed E-state index contributed by atoms with van der Waals surface area (Å²) >= 11 is 0. The lowest BCUT2D eigenvalue weighted by Crippen LogP contribution is -2.36. The van der Waals surface area contributed by atoms with E-state index in [2.05, 4.69) is 5.32 Å². The summed E-state index contributed by atoms with van der Waals surface area (Å²) in [5.41, 5.74) is 1.68. The Morgan fingerprint density at radius 3 is 2.42 bits per heavy atom. The first-order valence-electron chi connectivity index (χ1n) is 10.3. The Balaban J connectivity index is 2.36. The minimum absolute atomic E-state index is 0.193. The summed E-state index contributed by atoms with van der Waals surface area (Å²) < 4.78 is 22.6. The molecule has 2 N–H and O–H groups in total. The average Bonchev–Trinajstić information content (AvgIpc) is 2.99. The van der Waals surface area contributed by atoms with Gasteiger partial charge in [0.05, 0.1) is 18.2 Å². The summed E-state index contributed by atoms with van der Waals surface area (Å²) in [5.74, 6) is -0.642. The first kappa shape index (κ1) is 22.6. The Bertz CT molecular complexity index is 1160. The number of nitrogens with one attached hydrogen (secondary N) is 1. The zero-order valence-electron chi connectivity index (χ0n) is 18.4. The summed E-state index contributed by atoms with van der Waals surface area (Å²) in [6.45, 7) is 7.02. The van der Waals surface area contributed by atoms with Gasteiger partial charge in [-0.25, -0.2) is 4.39 Å². The predicted molar refractivity (Wildman–Crippen MR) is 118 cm³/mol. The molecule has 2 aromatic heterocycles. The lowest BCUT2D eigenvalue weighted by atomic mass is 10.2. The molecule has 31 heavy (non-hydrogen) atoms. The van der Waals surface area contributed by atoms with Crippen molar-refractivity contribution in [3.8, 4) is 11.4 Å². The molecule has 0 aliphatic carbocycles. The van der Waals surface area contributed by atoms with E-state index in [1.54, 1.807) is 30.7 Å². The Hall–Kier alpha value is -3.13. The minimum Gasteiger partial charge on any atom is -0.488 e. The normalized spacial score (nSPS) is 12.4. The van der Waals surface area contributed by atoms with E-state index in [0.29, 0.717) is 17.6 Å². The van der Waals surface area contributed by atoms with Crippen LogP contribution < -0.4 is 15.6 Å². The molecule has 0 radical (unpaired) electrons. The number of fused-ring (bicyclic) bond motifs is 1. The molecule has 1 amide bonds. The number of amides is 1. The van der Waals surface area contributed by atoms with Crippen molar-refractivity contribution >= 4 is 16.8 Å². The van der Waals surface area contributed by atoms with Crippen LogP contribution in [0.1, 0.15) is 43.9 Å². The first-order chi connectivity index (χ1) is 14.7. The highest BCUT2D eigenvalue weighted by molar-refractivity contribution is 6.04. The number of aryl methyl sites for hydroxylation is 2. The van der Waals surface area contributed by atoms with Gasteiger partial charge in [-0.15, -0.1) is 0 Å². The van der Waals surface area contributed by atoms with Gasteiger partial charge < -0.3 is 19.7 Å². The number of rotatable bonds is 7. The van der Waals surface area contributed by atoms with Crippen LogP contribution in [0.3, 0.4) is 0 Å². The maximum atomic E-state index is 13.7. The van der Waals surface area contributed by atoms with Crippen molar-refractivity contribution in [3.63, 3.8) is 0 Å². The SMILES string of the molecule is CCc1cc2c(c(OC(C)C)c(C(=O)NC(C)CO)n2C)c(=O)n1-c1ccc(F)cc1. The van der Waals surface area contributed by atoms with Crippen molar-refractivity contribution < 1.29 is 19.0 Å². The zero-order valence-corrected chi connectivity index (χ0v) is 18.4. The largest absolute Gasteiger partial charge is 0.488 e. The number of benzene rings is 1. The van der Waals surface area contributed by atoms with Crippen LogP contribution in [0.2, 0.25) is 0 Å². The highest BCUT2D eigenvalue weighted by Crippen LogP contribution is 2.32. The number of aliphatic hydroxyl groups excluding tert-OH is 1. The van der Waals surface area contributed by atoms with E-state index in [0.717, 1.165) is 5.69 Å². The van der Waals surface area contributed by atoms with Crippen molar-refractivity contribution in [2.24, 2.45) is 7.05 Å². The van der Waals surface area contributed by atoms with Gasteiger partial charge in [0.1, 0.15) is 11.2 Å². The molecule has 1 unspecified atom stereocenters. The molecule has 1 aromatic carbocycles. The van der Waals surface area contributed by atoms with Crippen molar-refractivity contribution in [1.29, 1.82) is 0 Å². The Labute approximate surface area is 180 Å². The third-order valence-electron chi connectivity index (χ3n) is 5.07. The Morgan fingerprint density at radius 1 is 1.23 bits per heavy atom. The van der Waals surface area contributed by atoms with Crippen LogP contribution in [0, 0.1) is 5.82 Å². The van der Waals surface area contributed by atoms with Gasteiger partial charge in [0.15, 0.2) is 11.4 Å². The topological polar surface area (TPSA) is 85.5 Å². The average molecular weight is 429 g/mol. The molecular formula is C23H28FN3O4. The standard InChI is InChI=1S/C23H28FN3O4/c1-6-16-11-18-19(23(30)27(16)17-9-7-15(24)8-10-17)21(31-13(2)3)20(26(18)5)22(29)25-14(4)12-28/h7-11,13-14,28H,6,12H2,1-5H3,(H,25,29). The molecule has 166 valence electrons. The van der Waals surface area contributed by atoms with Crippen LogP contribution in [0.25, 0.3) is 16.6 Å². The molecule has 0 aliphatic rings. The third-order valence-corrected chi connectivity index (χ3v) is 5.07. The molecule has 3 rings (SSSR count). The summed E-state index contributed by atoms with van der Waals surface area (Å²) in [6, 6.07) is 7.08. The maximum Gasteiger partial charge on any atom is 0.272 e. The van der Waals surface area contributed by atoms with Gasteiger partial charge in [0.2, 0.25) is 0 Å². The molecule has 0 saturated heterocycles. The molecule has 3 aromatic rings. The van der Waals surface area contributed by atoms with Gasteiger partial charge >= 0.3 is 0 Å². The van der Waals surface area contributed by atoms with E-state index in [9.17, 15) is 19.1 Å². The quantitative estimate of drug-likeness (QED) is 0.605. The van der Waals surface area contributed by atoms with Gasteiger partial charge in [-0.2, -0.15) is 0 Å². The van der Waals surface area contributed by atoms with Gasteiger partial charge in [0, 0.05) is 24.5 Å². The number of aliphatic hydroxyl groups is 1. The highest BCUT2D eigenvalue weighted by Gasteiger charge is 2.28. The number of carbonyl (C=O) groups is 1. The van der Waals surface area contributed by atoms with Crippen LogP contribution in [0.4, 0.5) is 4.39 Å². The van der Waals surface area contributed by atoms with Crippen LogP contribution in [-0.4, -0.2) is 38.9 Å². The second kappa shape index (κ2) is 8.93. The monoisotopic (exact) mass is 429 g/mol. The number of aromatic nitrogens is 2. The van der Waals surface area contributed by atoms with E-state index in [-0.39, 0.29) is 35.1 Å². The van der Waals surface area contributed by atoms with Crippen molar-refractivity contribution in [2.75, 3.05) is 6.61 Å². The summed E-state index contributed by atoms with van der Waals surface area (Å²) in [4.78, 5) is 26.7. The lowest BCUT2D eigenvalue weighted by molar-refractivity contribution is 0.0908. The van der Waals surface area contributed by atoms with E-state index in [1.165, 1.54) is 16.7 Å². The third kappa shape index (κ3) is 4.20. The fraction of sp³-hybridized carbons (Fsp3) is 0.391. The molecule has 1 atom stereocenters. The molecular weight excluding hydrogens is 401 g/mol. The summed E-state index contributed by atoms with van der Waals surface area (Å²) in [6.07, 6.45) is 0.272. The van der Waals surface area contributed by atoms with Crippen LogP contribution >= 0.6 is 0 Å². The van der Waals surface area contributed by atoms with E-state index >= 15 is 0 Å². The first-order valence-corrected chi connectivity index (χ1v) is 10.3. The lowest BCUT2D eigenvalue weighted by Gasteiger charge is -2.15. The fourth-order valence-corrected chi connectivity index (χ4v) is 3.59. The number of carbonyl (C=O) groups excluding carboxylic acids is 1. The van der Waals surface area contributed by atoms with E-state index < -0.39 is 17.8 Å². The smallest absolute Gasteiger partial charge is 0.272 e. The van der Waals surface area contributed by atoms with E-state index in [1.807, 2.05) is 26.8 Å². The number of nitrogens with zero attached hydrogens (tertiary/aromatic N) is 2. The second-order valence-corrected chi connectivity index (χ2v) is 7.83.